The van der Waals surface area contributed by atoms with Gasteiger partial charge in [-0.05, 0) is 33.2 Å². The van der Waals surface area contributed by atoms with Gasteiger partial charge in [0.25, 0.3) is 5.91 Å². The van der Waals surface area contributed by atoms with Crippen molar-refractivity contribution >= 4 is 11.6 Å². The molecule has 0 aliphatic carbocycles. The van der Waals surface area contributed by atoms with Crippen LogP contribution in [0.3, 0.4) is 0 Å². The van der Waals surface area contributed by atoms with Crippen molar-refractivity contribution in [3.8, 4) is 0 Å². The average molecular weight is 222 g/mol. The normalized spacial score (nSPS) is 12.5. The fraction of sp³-hybridized carbons (Fsp3) is 0.455. The zero-order valence-electron chi connectivity index (χ0n) is 9.90. The first-order chi connectivity index (χ1) is 7.52. The molecule has 0 aliphatic heterocycles. The molecule has 0 aliphatic rings. The minimum Gasteiger partial charge on any atom is -0.397 e. The van der Waals surface area contributed by atoms with E-state index >= 15 is 0 Å². The van der Waals surface area contributed by atoms with Crippen LogP contribution in [0.4, 0.5) is 5.69 Å². The fourth-order valence-corrected chi connectivity index (χ4v) is 1.11. The molecular formula is C11H18N4O. The molecule has 0 fully saturated rings. The van der Waals surface area contributed by atoms with Gasteiger partial charge >= 0.3 is 0 Å². The number of amides is 1. The molecular weight excluding hydrogens is 204 g/mol. The van der Waals surface area contributed by atoms with Gasteiger partial charge in [0, 0.05) is 18.8 Å². The number of anilines is 1. The fourth-order valence-electron chi connectivity index (χ4n) is 1.11. The van der Waals surface area contributed by atoms with Gasteiger partial charge in [-0.1, -0.05) is 0 Å². The molecule has 5 nitrogen and oxygen atoms in total. The van der Waals surface area contributed by atoms with Crippen molar-refractivity contribution in [1.29, 1.82) is 0 Å². The second kappa shape index (κ2) is 5.46. The summed E-state index contributed by atoms with van der Waals surface area (Å²) in [6, 6.07) is 3.64. The second-order valence-corrected chi connectivity index (χ2v) is 3.96. The van der Waals surface area contributed by atoms with E-state index in [4.69, 9.17) is 5.73 Å². The van der Waals surface area contributed by atoms with Crippen LogP contribution in [0.15, 0.2) is 18.3 Å². The monoisotopic (exact) mass is 222 g/mol. The Balaban J connectivity index is 2.57. The van der Waals surface area contributed by atoms with E-state index in [1.165, 1.54) is 0 Å². The lowest BCUT2D eigenvalue weighted by molar-refractivity contribution is 0.0939. The van der Waals surface area contributed by atoms with Crippen LogP contribution in [0.25, 0.3) is 0 Å². The maximum atomic E-state index is 11.7. The van der Waals surface area contributed by atoms with Crippen LogP contribution in [0.2, 0.25) is 0 Å². The van der Waals surface area contributed by atoms with E-state index in [2.05, 4.69) is 10.3 Å². The Morgan fingerprint density at radius 2 is 2.31 bits per heavy atom. The van der Waals surface area contributed by atoms with E-state index in [1.807, 2.05) is 25.9 Å². The summed E-state index contributed by atoms with van der Waals surface area (Å²) in [5, 5.41) is 2.80. The third-order valence-electron chi connectivity index (χ3n) is 2.49. The summed E-state index contributed by atoms with van der Waals surface area (Å²) in [6.07, 6.45) is 1.56. The molecule has 1 rings (SSSR count). The molecule has 0 saturated carbocycles. The quantitative estimate of drug-likeness (QED) is 0.771. The van der Waals surface area contributed by atoms with E-state index in [1.54, 1.807) is 18.3 Å². The van der Waals surface area contributed by atoms with Crippen molar-refractivity contribution < 1.29 is 4.79 Å². The molecule has 0 spiro atoms. The molecule has 1 heterocycles. The summed E-state index contributed by atoms with van der Waals surface area (Å²) in [7, 11) is 3.93. The predicted octanol–water partition coefficient (Wildman–Crippen LogP) is 0.344. The van der Waals surface area contributed by atoms with E-state index < -0.39 is 0 Å². The Morgan fingerprint density at radius 1 is 1.62 bits per heavy atom. The molecule has 16 heavy (non-hydrogen) atoms. The van der Waals surface area contributed by atoms with E-state index in [0.29, 0.717) is 12.2 Å². The summed E-state index contributed by atoms with van der Waals surface area (Å²) in [5.74, 6) is -0.230. The third-order valence-corrected chi connectivity index (χ3v) is 2.49. The average Bonchev–Trinajstić information content (AvgIpc) is 2.25. The standard InChI is InChI=1S/C11H18N4O/c1-8(15(2)3)7-14-11(16)10-9(12)5-4-6-13-10/h4-6,8H,7,12H2,1-3H3,(H,14,16). The number of nitrogens with one attached hydrogen (secondary N) is 1. The number of nitrogens with two attached hydrogens (primary N) is 1. The lowest BCUT2D eigenvalue weighted by Crippen LogP contribution is -2.38. The van der Waals surface area contributed by atoms with E-state index in [9.17, 15) is 4.79 Å². The minimum absolute atomic E-state index is 0.230. The Kier molecular flexibility index (Phi) is 4.25. The van der Waals surface area contributed by atoms with Gasteiger partial charge in [0.2, 0.25) is 0 Å². The van der Waals surface area contributed by atoms with Gasteiger partial charge in [-0.25, -0.2) is 4.98 Å². The summed E-state index contributed by atoms with van der Waals surface area (Å²) < 4.78 is 0. The van der Waals surface area contributed by atoms with Crippen LogP contribution in [-0.2, 0) is 0 Å². The van der Waals surface area contributed by atoms with Gasteiger partial charge in [-0.2, -0.15) is 0 Å². The van der Waals surface area contributed by atoms with Gasteiger partial charge in [0.05, 0.1) is 5.69 Å². The number of carbonyl (C=O) groups excluding carboxylic acids is 1. The summed E-state index contributed by atoms with van der Waals surface area (Å²) in [4.78, 5) is 17.7. The molecule has 5 heteroatoms. The number of hydrogen-bond acceptors (Lipinski definition) is 4. The Labute approximate surface area is 95.7 Å². The Morgan fingerprint density at radius 3 is 2.88 bits per heavy atom. The molecule has 1 amide bonds. The van der Waals surface area contributed by atoms with Gasteiger partial charge < -0.3 is 16.0 Å². The zero-order chi connectivity index (χ0) is 12.1. The highest BCUT2D eigenvalue weighted by atomic mass is 16.1. The molecule has 0 radical (unpaired) electrons. The van der Waals surface area contributed by atoms with Crippen LogP contribution in [0.1, 0.15) is 17.4 Å². The predicted molar refractivity (Wildman–Crippen MR) is 64.1 cm³/mol. The van der Waals surface area contributed by atoms with Crippen LogP contribution in [0, 0.1) is 0 Å². The minimum atomic E-state index is -0.230. The number of rotatable bonds is 4. The number of pyridine rings is 1. The SMILES string of the molecule is CC(CNC(=O)c1ncccc1N)N(C)C. The maximum Gasteiger partial charge on any atom is 0.272 e. The number of likely N-dealkylation sites (N-methyl/N-ethyl adjacent to an activating group) is 1. The Bertz CT molecular complexity index is 365. The van der Waals surface area contributed by atoms with Crippen molar-refractivity contribution in [2.75, 3.05) is 26.4 Å². The summed E-state index contributed by atoms with van der Waals surface area (Å²) in [5.41, 5.74) is 6.34. The lowest BCUT2D eigenvalue weighted by Gasteiger charge is -2.19. The van der Waals surface area contributed by atoms with Crippen LogP contribution in [-0.4, -0.2) is 42.5 Å². The summed E-state index contributed by atoms with van der Waals surface area (Å²) in [6.45, 7) is 2.60. The first kappa shape index (κ1) is 12.4. The molecule has 0 saturated heterocycles. The maximum absolute atomic E-state index is 11.7. The van der Waals surface area contributed by atoms with Gasteiger partial charge in [0.1, 0.15) is 0 Å². The van der Waals surface area contributed by atoms with Crippen molar-refractivity contribution in [1.82, 2.24) is 15.2 Å². The molecule has 0 aromatic carbocycles. The number of hydrogen-bond donors (Lipinski definition) is 2. The molecule has 1 atom stereocenters. The van der Waals surface area contributed by atoms with Crippen LogP contribution < -0.4 is 11.1 Å². The number of nitrogens with zero attached hydrogens (tertiary/aromatic N) is 2. The van der Waals surface area contributed by atoms with Crippen molar-refractivity contribution in [3.05, 3.63) is 24.0 Å². The number of aromatic nitrogens is 1. The van der Waals surface area contributed by atoms with Gasteiger partial charge in [0.15, 0.2) is 5.69 Å². The van der Waals surface area contributed by atoms with Gasteiger partial charge in [-0.3, -0.25) is 4.79 Å². The van der Waals surface area contributed by atoms with Crippen LogP contribution in [0.5, 0.6) is 0 Å². The molecule has 3 N–H and O–H groups in total. The molecule has 1 aromatic heterocycles. The summed E-state index contributed by atoms with van der Waals surface area (Å²) >= 11 is 0. The third kappa shape index (κ3) is 3.20. The number of nitrogen functional groups attached to an aromatic ring is 1. The highest BCUT2D eigenvalue weighted by Crippen LogP contribution is 2.06. The van der Waals surface area contributed by atoms with Crippen molar-refractivity contribution in [3.63, 3.8) is 0 Å². The molecule has 0 bridgehead atoms. The molecule has 1 aromatic rings. The second-order valence-electron chi connectivity index (χ2n) is 3.96. The van der Waals surface area contributed by atoms with E-state index in [-0.39, 0.29) is 17.6 Å². The zero-order valence-corrected chi connectivity index (χ0v) is 9.90. The lowest BCUT2D eigenvalue weighted by atomic mass is 10.2. The largest absolute Gasteiger partial charge is 0.397 e. The smallest absolute Gasteiger partial charge is 0.272 e. The first-order valence-corrected chi connectivity index (χ1v) is 5.17. The highest BCUT2D eigenvalue weighted by molar-refractivity contribution is 5.96. The van der Waals surface area contributed by atoms with E-state index in [0.717, 1.165) is 0 Å². The van der Waals surface area contributed by atoms with Crippen LogP contribution >= 0.6 is 0 Å². The highest BCUT2D eigenvalue weighted by Gasteiger charge is 2.12. The van der Waals surface area contributed by atoms with Gasteiger partial charge in [-0.15, -0.1) is 0 Å². The van der Waals surface area contributed by atoms with Crippen molar-refractivity contribution in [2.45, 2.75) is 13.0 Å². The topological polar surface area (TPSA) is 71.2 Å². The number of carbonyl (C=O) groups is 1. The first-order valence-electron chi connectivity index (χ1n) is 5.17. The molecule has 88 valence electrons. The Hall–Kier alpha value is -1.62. The molecule has 1 unspecified atom stereocenters. The van der Waals surface area contributed by atoms with Crippen molar-refractivity contribution in [2.24, 2.45) is 0 Å².